The number of methoxy groups -OCH3 is 1. The maximum Gasteiger partial charge on any atom is 0.348 e. The summed E-state index contributed by atoms with van der Waals surface area (Å²) in [6, 6.07) is 7.22. The molecule has 0 atom stereocenters. The molecule has 0 aliphatic rings. The summed E-state index contributed by atoms with van der Waals surface area (Å²) in [6.07, 6.45) is 1.24. The molecule has 5 nitrogen and oxygen atoms in total. The van der Waals surface area contributed by atoms with Gasteiger partial charge >= 0.3 is 5.97 Å². The minimum absolute atomic E-state index is 0.216. The van der Waals surface area contributed by atoms with E-state index in [4.69, 9.17) is 5.26 Å². The number of aryl methyl sites for hydroxylation is 2. The molecule has 0 amide bonds. The van der Waals surface area contributed by atoms with Crippen molar-refractivity contribution >= 4 is 22.9 Å². The van der Waals surface area contributed by atoms with Gasteiger partial charge in [0.1, 0.15) is 11.6 Å². The number of hydrogen-bond donors (Lipinski definition) is 1. The van der Waals surface area contributed by atoms with E-state index in [2.05, 4.69) is 9.72 Å². The van der Waals surface area contributed by atoms with Gasteiger partial charge in [0, 0.05) is 5.56 Å². The van der Waals surface area contributed by atoms with Crippen molar-refractivity contribution in [3.05, 3.63) is 50.8 Å². The van der Waals surface area contributed by atoms with Crippen molar-refractivity contribution in [3.63, 3.8) is 0 Å². The van der Waals surface area contributed by atoms with Gasteiger partial charge in [0.25, 0.3) is 5.56 Å². The van der Waals surface area contributed by atoms with Crippen LogP contribution in [0.4, 0.5) is 0 Å². The lowest BCUT2D eigenvalue weighted by Gasteiger charge is -2.06. The van der Waals surface area contributed by atoms with E-state index in [0.29, 0.717) is 0 Å². The SMILES string of the molecule is COC(=O)/C(C#N)=C/c1cc2ccc(C)c(C)c2[nH]c1=O. The van der Waals surface area contributed by atoms with E-state index in [9.17, 15) is 9.59 Å². The van der Waals surface area contributed by atoms with Crippen LogP contribution in [0.3, 0.4) is 0 Å². The number of carbonyl (C=O) groups excluding carboxylic acids is 1. The second-order valence-electron chi connectivity index (χ2n) is 4.69. The average molecular weight is 282 g/mol. The Balaban J connectivity index is 2.68. The molecule has 1 aromatic carbocycles. The maximum absolute atomic E-state index is 12.1. The van der Waals surface area contributed by atoms with Crippen LogP contribution in [-0.2, 0) is 9.53 Å². The van der Waals surface area contributed by atoms with Crippen LogP contribution in [0.1, 0.15) is 16.7 Å². The summed E-state index contributed by atoms with van der Waals surface area (Å²) in [5.74, 6) is -0.767. The van der Waals surface area contributed by atoms with Crippen molar-refractivity contribution in [2.45, 2.75) is 13.8 Å². The Hall–Kier alpha value is -2.87. The maximum atomic E-state index is 12.1. The summed E-state index contributed by atoms with van der Waals surface area (Å²) < 4.78 is 4.50. The Kier molecular flexibility index (Phi) is 3.90. The van der Waals surface area contributed by atoms with Gasteiger partial charge in [0.15, 0.2) is 0 Å². The Morgan fingerprint density at radius 1 is 1.38 bits per heavy atom. The molecule has 0 unspecified atom stereocenters. The van der Waals surface area contributed by atoms with Crippen molar-refractivity contribution in [2.75, 3.05) is 7.11 Å². The minimum Gasteiger partial charge on any atom is -0.465 e. The first-order valence-corrected chi connectivity index (χ1v) is 6.31. The van der Waals surface area contributed by atoms with Crippen molar-refractivity contribution in [2.24, 2.45) is 0 Å². The molecule has 0 saturated carbocycles. The molecule has 5 heteroatoms. The number of fused-ring (bicyclic) bond motifs is 1. The number of H-pyrrole nitrogens is 1. The lowest BCUT2D eigenvalue weighted by Crippen LogP contribution is -2.11. The summed E-state index contributed by atoms with van der Waals surface area (Å²) in [7, 11) is 1.18. The Labute approximate surface area is 121 Å². The van der Waals surface area contributed by atoms with Gasteiger partial charge in [0.2, 0.25) is 0 Å². The first-order chi connectivity index (χ1) is 9.97. The van der Waals surface area contributed by atoms with E-state index in [0.717, 1.165) is 22.0 Å². The quantitative estimate of drug-likeness (QED) is 0.520. The van der Waals surface area contributed by atoms with Gasteiger partial charge in [0.05, 0.1) is 12.6 Å². The molecule has 1 aromatic heterocycles. The van der Waals surface area contributed by atoms with E-state index >= 15 is 0 Å². The third-order valence-electron chi connectivity index (χ3n) is 3.41. The third-order valence-corrected chi connectivity index (χ3v) is 3.41. The van der Waals surface area contributed by atoms with Crippen LogP contribution in [0.2, 0.25) is 0 Å². The smallest absolute Gasteiger partial charge is 0.348 e. The summed E-state index contributed by atoms with van der Waals surface area (Å²) >= 11 is 0. The summed E-state index contributed by atoms with van der Waals surface area (Å²) in [5, 5.41) is 9.78. The zero-order chi connectivity index (χ0) is 15.6. The molecule has 0 aliphatic heterocycles. The van der Waals surface area contributed by atoms with E-state index in [1.165, 1.54) is 13.2 Å². The lowest BCUT2D eigenvalue weighted by molar-refractivity contribution is -0.135. The second-order valence-corrected chi connectivity index (χ2v) is 4.69. The Bertz CT molecular complexity index is 854. The van der Waals surface area contributed by atoms with Gasteiger partial charge in [-0.2, -0.15) is 5.26 Å². The second kappa shape index (κ2) is 5.63. The minimum atomic E-state index is -0.767. The van der Waals surface area contributed by atoms with E-state index < -0.39 is 5.97 Å². The molecular weight excluding hydrogens is 268 g/mol. The number of rotatable bonds is 2. The standard InChI is InChI=1S/C16H14N2O3/c1-9-4-5-11-6-12(7-13(8-17)16(20)21-3)15(19)18-14(11)10(9)2/h4-7H,1-3H3,(H,18,19)/b13-7+. The number of benzene rings is 1. The number of nitrogens with zero attached hydrogens (tertiary/aromatic N) is 1. The van der Waals surface area contributed by atoms with Crippen LogP contribution < -0.4 is 5.56 Å². The van der Waals surface area contributed by atoms with Crippen LogP contribution in [0, 0.1) is 25.2 Å². The summed E-state index contributed by atoms with van der Waals surface area (Å²) in [6.45, 7) is 3.89. The fourth-order valence-corrected chi connectivity index (χ4v) is 2.05. The topological polar surface area (TPSA) is 82.9 Å². The molecule has 0 aliphatic carbocycles. The highest BCUT2D eigenvalue weighted by molar-refractivity contribution is 5.98. The number of hydrogen-bond acceptors (Lipinski definition) is 4. The monoisotopic (exact) mass is 282 g/mol. The number of pyridine rings is 1. The molecule has 0 bridgehead atoms. The van der Waals surface area contributed by atoms with Crippen LogP contribution in [0.25, 0.3) is 17.0 Å². The fourth-order valence-electron chi connectivity index (χ4n) is 2.05. The normalized spacial score (nSPS) is 11.2. The molecule has 0 spiro atoms. The van der Waals surface area contributed by atoms with Gasteiger partial charge in [-0.1, -0.05) is 12.1 Å². The number of ether oxygens (including phenoxy) is 1. The zero-order valence-corrected chi connectivity index (χ0v) is 12.0. The molecule has 2 aromatic rings. The van der Waals surface area contributed by atoms with E-state index in [1.54, 1.807) is 12.1 Å². The molecule has 106 valence electrons. The van der Waals surface area contributed by atoms with E-state index in [-0.39, 0.29) is 16.7 Å². The third kappa shape index (κ3) is 2.70. The number of aromatic amines is 1. The summed E-state index contributed by atoms with van der Waals surface area (Å²) in [5.41, 5.74) is 2.50. The van der Waals surface area contributed by atoms with Crippen molar-refractivity contribution in [1.29, 1.82) is 5.26 Å². The number of carbonyl (C=O) groups is 1. The lowest BCUT2D eigenvalue weighted by atomic mass is 10.0. The van der Waals surface area contributed by atoms with Crippen molar-refractivity contribution in [1.82, 2.24) is 4.98 Å². The molecular formula is C16H14N2O3. The molecule has 21 heavy (non-hydrogen) atoms. The molecule has 1 heterocycles. The van der Waals surface area contributed by atoms with Gasteiger partial charge in [-0.25, -0.2) is 4.79 Å². The van der Waals surface area contributed by atoms with Gasteiger partial charge in [-0.3, -0.25) is 4.79 Å². The highest BCUT2D eigenvalue weighted by atomic mass is 16.5. The zero-order valence-electron chi connectivity index (χ0n) is 12.0. The van der Waals surface area contributed by atoms with Crippen molar-refractivity contribution in [3.8, 4) is 6.07 Å². The van der Waals surface area contributed by atoms with Gasteiger partial charge < -0.3 is 9.72 Å². The van der Waals surface area contributed by atoms with Crippen LogP contribution in [0.5, 0.6) is 0 Å². The molecule has 0 fully saturated rings. The highest BCUT2D eigenvalue weighted by Gasteiger charge is 2.11. The number of aromatic nitrogens is 1. The average Bonchev–Trinajstić information content (AvgIpc) is 2.49. The number of nitriles is 1. The number of esters is 1. The molecule has 0 radical (unpaired) electrons. The summed E-state index contributed by atoms with van der Waals surface area (Å²) in [4.78, 5) is 26.3. The predicted molar refractivity (Wildman–Crippen MR) is 79.6 cm³/mol. The first-order valence-electron chi connectivity index (χ1n) is 6.31. The first kappa shape index (κ1) is 14.5. The largest absolute Gasteiger partial charge is 0.465 e. The van der Waals surface area contributed by atoms with Crippen LogP contribution in [-0.4, -0.2) is 18.1 Å². The van der Waals surface area contributed by atoms with Gasteiger partial charge in [-0.05, 0) is 42.5 Å². The van der Waals surface area contributed by atoms with Crippen molar-refractivity contribution < 1.29 is 9.53 Å². The highest BCUT2D eigenvalue weighted by Crippen LogP contribution is 2.19. The molecule has 1 N–H and O–H groups in total. The van der Waals surface area contributed by atoms with Crippen LogP contribution >= 0.6 is 0 Å². The predicted octanol–water partition coefficient (Wildman–Crippen LogP) is 2.22. The number of nitrogens with one attached hydrogen (secondary N) is 1. The Morgan fingerprint density at radius 3 is 2.71 bits per heavy atom. The van der Waals surface area contributed by atoms with Crippen LogP contribution in [0.15, 0.2) is 28.6 Å². The van der Waals surface area contributed by atoms with Gasteiger partial charge in [-0.15, -0.1) is 0 Å². The molecule has 0 saturated heterocycles. The fraction of sp³-hybridized carbons (Fsp3) is 0.188. The van der Waals surface area contributed by atoms with E-state index in [1.807, 2.05) is 26.0 Å². The Morgan fingerprint density at radius 2 is 2.10 bits per heavy atom. The molecule has 2 rings (SSSR count).